The average molecular weight is 328 g/mol. The predicted octanol–water partition coefficient (Wildman–Crippen LogP) is 3.77. The molecule has 5 nitrogen and oxygen atoms in total. The first kappa shape index (κ1) is 14.3. The molecule has 1 aliphatic rings. The van der Waals surface area contributed by atoms with Crippen molar-refractivity contribution in [3.8, 4) is 0 Å². The Hall–Kier alpha value is -2.34. The molecule has 1 amide bonds. The number of amides is 1. The van der Waals surface area contributed by atoms with Crippen molar-refractivity contribution in [2.24, 2.45) is 0 Å². The molecule has 0 bridgehead atoms. The molecule has 0 radical (unpaired) electrons. The molecule has 4 rings (SSSR count). The topological polar surface area (TPSA) is 68.3 Å². The van der Waals surface area contributed by atoms with Crippen LogP contribution in [0.2, 0.25) is 0 Å². The third-order valence-electron chi connectivity index (χ3n) is 3.98. The Kier molecular flexibility index (Phi) is 3.75. The first-order valence-electron chi connectivity index (χ1n) is 7.63. The molecule has 0 aromatic carbocycles. The summed E-state index contributed by atoms with van der Waals surface area (Å²) in [6.07, 6.45) is 3.89. The summed E-state index contributed by atoms with van der Waals surface area (Å²) in [6, 6.07) is 9.58. The minimum Gasteiger partial charge on any atom is -0.469 e. The molecule has 3 heterocycles. The van der Waals surface area contributed by atoms with Crippen LogP contribution in [0.3, 0.4) is 0 Å². The molecule has 1 fully saturated rings. The van der Waals surface area contributed by atoms with Gasteiger partial charge in [-0.15, -0.1) is 11.3 Å². The van der Waals surface area contributed by atoms with Crippen molar-refractivity contribution in [1.29, 1.82) is 0 Å². The molecule has 0 saturated heterocycles. The highest BCUT2D eigenvalue weighted by Gasteiger charge is 2.29. The van der Waals surface area contributed by atoms with E-state index in [0.29, 0.717) is 18.2 Å². The van der Waals surface area contributed by atoms with Gasteiger partial charge >= 0.3 is 0 Å². The molecule has 1 N–H and O–H groups in total. The number of nitrogens with one attached hydrogen (secondary N) is 1. The fourth-order valence-electron chi connectivity index (χ4n) is 2.56. The van der Waals surface area contributed by atoms with Gasteiger partial charge in [0, 0.05) is 23.4 Å². The van der Waals surface area contributed by atoms with E-state index in [2.05, 4.69) is 10.5 Å². The summed E-state index contributed by atoms with van der Waals surface area (Å²) >= 11 is 1.65. The fraction of sp³-hybridized carbons (Fsp3) is 0.294. The molecule has 6 heteroatoms. The Morgan fingerprint density at radius 1 is 1.39 bits per heavy atom. The predicted molar refractivity (Wildman–Crippen MR) is 85.7 cm³/mol. The van der Waals surface area contributed by atoms with Gasteiger partial charge in [0.25, 0.3) is 5.91 Å². The van der Waals surface area contributed by atoms with Crippen molar-refractivity contribution in [2.45, 2.75) is 24.7 Å². The van der Waals surface area contributed by atoms with E-state index in [0.717, 1.165) is 29.2 Å². The summed E-state index contributed by atoms with van der Waals surface area (Å²) < 4.78 is 10.8. The quantitative estimate of drug-likeness (QED) is 0.748. The van der Waals surface area contributed by atoms with Gasteiger partial charge in [0.15, 0.2) is 5.69 Å². The van der Waals surface area contributed by atoms with Gasteiger partial charge in [0.05, 0.1) is 12.2 Å². The molecule has 0 spiro atoms. The van der Waals surface area contributed by atoms with Gasteiger partial charge in [-0.3, -0.25) is 4.79 Å². The van der Waals surface area contributed by atoms with Crippen LogP contribution >= 0.6 is 11.3 Å². The van der Waals surface area contributed by atoms with Gasteiger partial charge < -0.3 is 14.3 Å². The van der Waals surface area contributed by atoms with E-state index in [1.54, 1.807) is 23.7 Å². The molecule has 0 aliphatic heterocycles. The molecule has 118 valence electrons. The Morgan fingerprint density at radius 3 is 3.00 bits per heavy atom. The Morgan fingerprint density at radius 2 is 2.30 bits per heavy atom. The van der Waals surface area contributed by atoms with Crippen molar-refractivity contribution < 1.29 is 13.7 Å². The van der Waals surface area contributed by atoms with Crippen LogP contribution in [0.25, 0.3) is 0 Å². The maximum atomic E-state index is 12.3. The number of aromatic nitrogens is 1. The molecule has 3 aromatic heterocycles. The lowest BCUT2D eigenvalue weighted by atomic mass is 10.0. The zero-order chi connectivity index (χ0) is 15.6. The summed E-state index contributed by atoms with van der Waals surface area (Å²) in [6.45, 7) is 0.457. The Balaban J connectivity index is 1.45. The number of nitrogens with zero attached hydrogens (tertiary/aromatic N) is 1. The highest BCUT2D eigenvalue weighted by molar-refractivity contribution is 7.10. The van der Waals surface area contributed by atoms with Crippen molar-refractivity contribution in [3.05, 3.63) is 64.1 Å². The maximum absolute atomic E-state index is 12.3. The van der Waals surface area contributed by atoms with E-state index in [1.807, 2.05) is 29.6 Å². The molecule has 1 atom stereocenters. The number of thiophene rings is 1. The molecule has 1 aliphatic carbocycles. The zero-order valence-corrected chi connectivity index (χ0v) is 13.2. The standard InChI is InChI=1S/C17H16N2O3S/c20-17(13-9-15(22-19-13)11-5-6-11)18-10-12(14-3-1-7-21-14)16-4-2-8-23-16/h1-4,7-9,11-12H,5-6,10H2,(H,18,20)/t12-/m0/s1. The summed E-state index contributed by atoms with van der Waals surface area (Å²) in [5.74, 6) is 1.89. The minimum absolute atomic E-state index is 0.00348. The Labute approximate surface area is 137 Å². The minimum atomic E-state index is -0.214. The number of carbonyl (C=O) groups is 1. The second kappa shape index (κ2) is 6.04. The molecular weight excluding hydrogens is 312 g/mol. The summed E-state index contributed by atoms with van der Waals surface area (Å²) in [7, 11) is 0. The lowest BCUT2D eigenvalue weighted by Crippen LogP contribution is -2.28. The number of furan rings is 1. The van der Waals surface area contributed by atoms with E-state index in [1.165, 1.54) is 0 Å². The van der Waals surface area contributed by atoms with Crippen molar-refractivity contribution in [1.82, 2.24) is 10.5 Å². The van der Waals surface area contributed by atoms with Gasteiger partial charge in [-0.1, -0.05) is 11.2 Å². The number of carbonyl (C=O) groups excluding carboxylic acids is 1. The maximum Gasteiger partial charge on any atom is 0.273 e. The van der Waals surface area contributed by atoms with Crippen LogP contribution in [0.5, 0.6) is 0 Å². The molecule has 1 saturated carbocycles. The molecule has 3 aromatic rings. The van der Waals surface area contributed by atoms with Crippen LogP contribution < -0.4 is 5.32 Å². The highest BCUT2D eigenvalue weighted by Crippen LogP contribution is 2.40. The summed E-state index contributed by atoms with van der Waals surface area (Å²) in [5.41, 5.74) is 0.344. The van der Waals surface area contributed by atoms with Crippen LogP contribution in [-0.4, -0.2) is 17.6 Å². The van der Waals surface area contributed by atoms with Gasteiger partial charge in [0.2, 0.25) is 0 Å². The van der Waals surface area contributed by atoms with E-state index < -0.39 is 0 Å². The summed E-state index contributed by atoms with van der Waals surface area (Å²) in [5, 5.41) is 8.83. The van der Waals surface area contributed by atoms with E-state index in [4.69, 9.17) is 8.94 Å². The van der Waals surface area contributed by atoms with Crippen LogP contribution in [-0.2, 0) is 0 Å². The van der Waals surface area contributed by atoms with E-state index >= 15 is 0 Å². The lowest BCUT2D eigenvalue weighted by molar-refractivity contribution is 0.0942. The van der Waals surface area contributed by atoms with Crippen LogP contribution in [0, 0.1) is 0 Å². The monoisotopic (exact) mass is 328 g/mol. The first-order chi connectivity index (χ1) is 11.3. The van der Waals surface area contributed by atoms with Gasteiger partial charge in [0.1, 0.15) is 11.5 Å². The smallest absolute Gasteiger partial charge is 0.273 e. The normalized spacial score (nSPS) is 15.5. The third-order valence-corrected chi connectivity index (χ3v) is 4.97. The number of rotatable bonds is 6. The zero-order valence-electron chi connectivity index (χ0n) is 12.4. The number of hydrogen-bond donors (Lipinski definition) is 1. The largest absolute Gasteiger partial charge is 0.469 e. The van der Waals surface area contributed by atoms with Crippen LogP contribution in [0.4, 0.5) is 0 Å². The van der Waals surface area contributed by atoms with Gasteiger partial charge in [-0.25, -0.2) is 0 Å². The first-order valence-corrected chi connectivity index (χ1v) is 8.51. The summed E-state index contributed by atoms with van der Waals surface area (Å²) in [4.78, 5) is 13.4. The molecule has 23 heavy (non-hydrogen) atoms. The second-order valence-corrected chi connectivity index (χ2v) is 6.66. The molecule has 0 unspecified atom stereocenters. The van der Waals surface area contributed by atoms with Gasteiger partial charge in [-0.05, 0) is 36.4 Å². The molecular formula is C17H16N2O3S. The van der Waals surface area contributed by atoms with Crippen LogP contribution in [0.1, 0.15) is 51.6 Å². The Bertz CT molecular complexity index is 738. The van der Waals surface area contributed by atoms with Crippen molar-refractivity contribution in [2.75, 3.05) is 6.54 Å². The SMILES string of the molecule is O=C(NC[C@@H](c1ccco1)c1cccs1)c1cc(C2CC2)on1. The average Bonchev–Trinajstić information content (AvgIpc) is 3.06. The number of hydrogen-bond acceptors (Lipinski definition) is 5. The van der Waals surface area contributed by atoms with Crippen molar-refractivity contribution >= 4 is 17.2 Å². The second-order valence-electron chi connectivity index (χ2n) is 5.68. The third kappa shape index (κ3) is 3.07. The lowest BCUT2D eigenvalue weighted by Gasteiger charge is -2.13. The highest BCUT2D eigenvalue weighted by atomic mass is 32.1. The van der Waals surface area contributed by atoms with Crippen LogP contribution in [0.15, 0.2) is 50.9 Å². The van der Waals surface area contributed by atoms with E-state index in [9.17, 15) is 4.79 Å². The van der Waals surface area contributed by atoms with Crippen molar-refractivity contribution in [3.63, 3.8) is 0 Å². The van der Waals surface area contributed by atoms with E-state index in [-0.39, 0.29) is 11.8 Å². The van der Waals surface area contributed by atoms with Gasteiger partial charge in [-0.2, -0.15) is 0 Å². The fourth-order valence-corrected chi connectivity index (χ4v) is 3.40.